The second kappa shape index (κ2) is 6.97. The van der Waals surface area contributed by atoms with Gasteiger partial charge in [-0.2, -0.15) is 4.68 Å². The van der Waals surface area contributed by atoms with Crippen molar-refractivity contribution < 1.29 is 4.79 Å². The molecular weight excluding hydrogens is 310 g/mol. The van der Waals surface area contributed by atoms with Gasteiger partial charge in [-0.3, -0.25) is 4.79 Å². The van der Waals surface area contributed by atoms with Crippen LogP contribution in [0.15, 0.2) is 59.6 Å². The van der Waals surface area contributed by atoms with Crippen LogP contribution in [0.2, 0.25) is 0 Å². The van der Waals surface area contributed by atoms with Gasteiger partial charge in [0.05, 0.1) is 5.69 Å². The highest BCUT2D eigenvalue weighted by molar-refractivity contribution is 7.02. The van der Waals surface area contributed by atoms with Gasteiger partial charge in [0, 0.05) is 17.2 Å². The molecule has 0 unspecified atom stereocenters. The number of aryl methyl sites for hydroxylation is 1. The number of benzene rings is 2. The summed E-state index contributed by atoms with van der Waals surface area (Å²) in [6.07, 6.45) is 0. The minimum atomic E-state index is -0.179. The van der Waals surface area contributed by atoms with Gasteiger partial charge in [-0.15, -0.1) is 0 Å². The Labute approximate surface area is 137 Å². The summed E-state index contributed by atoms with van der Waals surface area (Å²) in [6.45, 7) is 2.02. The van der Waals surface area contributed by atoms with Crippen LogP contribution in [0, 0.1) is 6.92 Å². The van der Waals surface area contributed by atoms with Crippen LogP contribution in [0.1, 0.15) is 5.56 Å². The van der Waals surface area contributed by atoms with Crippen molar-refractivity contribution in [2.24, 2.45) is 4.99 Å². The molecule has 0 bridgehead atoms. The fourth-order valence-corrected chi connectivity index (χ4v) is 2.50. The fraction of sp³-hybridized carbons (Fsp3) is 0.125. The SMILES string of the molecule is Cc1ccc(NC(=O)CN=c2snnn2-c2ccccc2)cc1. The van der Waals surface area contributed by atoms with E-state index in [0.717, 1.165) is 28.5 Å². The quantitative estimate of drug-likeness (QED) is 0.799. The number of nitrogens with one attached hydrogen (secondary N) is 1. The lowest BCUT2D eigenvalue weighted by molar-refractivity contribution is -0.114. The Kier molecular flexibility index (Phi) is 4.58. The zero-order chi connectivity index (χ0) is 16.1. The predicted octanol–water partition coefficient (Wildman–Crippen LogP) is 2.18. The van der Waals surface area contributed by atoms with E-state index in [0.29, 0.717) is 4.80 Å². The van der Waals surface area contributed by atoms with Gasteiger partial charge in [-0.05, 0) is 36.4 Å². The molecule has 3 aromatic rings. The normalized spacial score (nSPS) is 11.4. The summed E-state index contributed by atoms with van der Waals surface area (Å²) >= 11 is 1.15. The van der Waals surface area contributed by atoms with Gasteiger partial charge in [0.15, 0.2) is 0 Å². The molecule has 23 heavy (non-hydrogen) atoms. The van der Waals surface area contributed by atoms with E-state index in [1.165, 1.54) is 0 Å². The third-order valence-electron chi connectivity index (χ3n) is 3.12. The van der Waals surface area contributed by atoms with Gasteiger partial charge in [-0.1, -0.05) is 40.4 Å². The highest BCUT2D eigenvalue weighted by Gasteiger charge is 2.04. The maximum Gasteiger partial charge on any atom is 0.246 e. The molecule has 7 heteroatoms. The van der Waals surface area contributed by atoms with Gasteiger partial charge in [0.1, 0.15) is 6.54 Å². The van der Waals surface area contributed by atoms with Crippen LogP contribution in [0.25, 0.3) is 5.69 Å². The van der Waals surface area contributed by atoms with Gasteiger partial charge >= 0.3 is 0 Å². The third-order valence-corrected chi connectivity index (χ3v) is 3.74. The van der Waals surface area contributed by atoms with Gasteiger partial charge in [0.2, 0.25) is 10.7 Å². The molecule has 3 rings (SSSR count). The molecule has 1 N–H and O–H groups in total. The third kappa shape index (κ3) is 3.89. The first-order valence-electron chi connectivity index (χ1n) is 7.06. The van der Waals surface area contributed by atoms with Crippen molar-refractivity contribution in [1.82, 2.24) is 14.4 Å². The molecular formula is C16H15N5OS. The van der Waals surface area contributed by atoms with Crippen molar-refractivity contribution in [3.63, 3.8) is 0 Å². The number of amides is 1. The number of aromatic nitrogens is 3. The summed E-state index contributed by atoms with van der Waals surface area (Å²) in [7, 11) is 0. The number of hydrogen-bond acceptors (Lipinski definition) is 5. The molecule has 1 heterocycles. The summed E-state index contributed by atoms with van der Waals surface area (Å²) in [5.74, 6) is -0.179. The number of anilines is 1. The maximum atomic E-state index is 12.0. The average Bonchev–Trinajstić information content (AvgIpc) is 3.04. The Bertz CT molecular complexity index is 852. The number of carbonyl (C=O) groups is 1. The van der Waals surface area contributed by atoms with Crippen LogP contribution in [-0.4, -0.2) is 26.8 Å². The Hall–Kier alpha value is -2.80. The highest BCUT2D eigenvalue weighted by atomic mass is 32.1. The molecule has 0 aliphatic heterocycles. The van der Waals surface area contributed by atoms with E-state index in [1.807, 2.05) is 61.5 Å². The molecule has 116 valence electrons. The first kappa shape index (κ1) is 15.1. The zero-order valence-corrected chi connectivity index (χ0v) is 13.3. The van der Waals surface area contributed by atoms with Crippen molar-refractivity contribution in [3.05, 3.63) is 65.0 Å². The molecule has 1 aromatic heterocycles. The van der Waals surface area contributed by atoms with Crippen molar-refractivity contribution in [2.45, 2.75) is 6.92 Å². The molecule has 0 aliphatic carbocycles. The van der Waals surface area contributed by atoms with Crippen LogP contribution < -0.4 is 10.1 Å². The fourth-order valence-electron chi connectivity index (χ4n) is 1.97. The number of rotatable bonds is 4. The molecule has 0 radical (unpaired) electrons. The number of nitrogens with zero attached hydrogens (tertiary/aromatic N) is 4. The largest absolute Gasteiger partial charge is 0.324 e. The lowest BCUT2D eigenvalue weighted by Gasteiger charge is -2.03. The van der Waals surface area contributed by atoms with Crippen molar-refractivity contribution in [3.8, 4) is 5.69 Å². The van der Waals surface area contributed by atoms with Crippen molar-refractivity contribution in [2.75, 3.05) is 11.9 Å². The van der Waals surface area contributed by atoms with E-state index < -0.39 is 0 Å². The molecule has 0 spiro atoms. The van der Waals surface area contributed by atoms with Crippen LogP contribution in [0.3, 0.4) is 0 Å². The summed E-state index contributed by atoms with van der Waals surface area (Å²) in [5.41, 5.74) is 2.76. The molecule has 0 aliphatic rings. The minimum Gasteiger partial charge on any atom is -0.324 e. The number of carbonyl (C=O) groups excluding carboxylic acids is 1. The molecule has 2 aromatic carbocycles. The van der Waals surface area contributed by atoms with Gasteiger partial charge in [0.25, 0.3) is 0 Å². The Morgan fingerprint density at radius 3 is 2.65 bits per heavy atom. The summed E-state index contributed by atoms with van der Waals surface area (Å²) < 4.78 is 5.51. The van der Waals surface area contributed by atoms with E-state index in [9.17, 15) is 4.79 Å². The molecule has 0 fully saturated rings. The topological polar surface area (TPSA) is 72.2 Å². The van der Waals surface area contributed by atoms with E-state index >= 15 is 0 Å². The summed E-state index contributed by atoms with van der Waals surface area (Å²) in [4.78, 5) is 16.9. The first-order valence-corrected chi connectivity index (χ1v) is 7.84. The molecule has 0 atom stereocenters. The van der Waals surface area contributed by atoms with E-state index in [4.69, 9.17) is 0 Å². The standard InChI is InChI=1S/C16H15N5OS/c1-12-7-9-13(10-8-12)18-15(22)11-17-16-21(19-20-23-16)14-5-3-2-4-6-14/h2-10H,11H2,1H3,(H,18,22). The van der Waals surface area contributed by atoms with Crippen LogP contribution in [0.5, 0.6) is 0 Å². The molecule has 1 amide bonds. The second-order valence-electron chi connectivity index (χ2n) is 4.92. The van der Waals surface area contributed by atoms with Crippen LogP contribution in [0.4, 0.5) is 5.69 Å². The Morgan fingerprint density at radius 1 is 1.17 bits per heavy atom. The van der Waals surface area contributed by atoms with Gasteiger partial charge in [-0.25, -0.2) is 4.99 Å². The zero-order valence-electron chi connectivity index (χ0n) is 12.5. The number of hydrogen-bond donors (Lipinski definition) is 1. The van der Waals surface area contributed by atoms with Crippen LogP contribution >= 0.6 is 11.5 Å². The number of para-hydroxylation sites is 1. The summed E-state index contributed by atoms with van der Waals surface area (Å²) in [6, 6.07) is 17.2. The molecule has 6 nitrogen and oxygen atoms in total. The lowest BCUT2D eigenvalue weighted by Crippen LogP contribution is -2.20. The minimum absolute atomic E-state index is 0.0184. The predicted molar refractivity (Wildman–Crippen MR) is 89.5 cm³/mol. The molecule has 0 saturated carbocycles. The van der Waals surface area contributed by atoms with E-state index in [2.05, 4.69) is 20.0 Å². The maximum absolute atomic E-state index is 12.0. The highest BCUT2D eigenvalue weighted by Crippen LogP contribution is 2.08. The van der Waals surface area contributed by atoms with E-state index in [1.54, 1.807) is 4.68 Å². The monoisotopic (exact) mass is 325 g/mol. The Morgan fingerprint density at radius 2 is 1.91 bits per heavy atom. The van der Waals surface area contributed by atoms with Crippen molar-refractivity contribution in [1.29, 1.82) is 0 Å². The smallest absolute Gasteiger partial charge is 0.246 e. The van der Waals surface area contributed by atoms with Crippen molar-refractivity contribution >= 4 is 23.1 Å². The van der Waals surface area contributed by atoms with Crippen LogP contribution in [-0.2, 0) is 4.79 Å². The van der Waals surface area contributed by atoms with E-state index in [-0.39, 0.29) is 12.5 Å². The van der Waals surface area contributed by atoms with Gasteiger partial charge < -0.3 is 5.32 Å². The average molecular weight is 325 g/mol. The summed E-state index contributed by atoms with van der Waals surface area (Å²) in [5, 5.41) is 6.83. The Balaban J connectivity index is 1.72. The molecule has 0 saturated heterocycles. The lowest BCUT2D eigenvalue weighted by atomic mass is 10.2. The first-order chi connectivity index (χ1) is 11.2. The second-order valence-corrected chi connectivity index (χ2v) is 5.63.